The molecule has 0 radical (unpaired) electrons. The molecular formula is C17H23BN4O3S. The molecule has 1 aromatic heterocycles. The molecule has 0 aliphatic rings. The molecule has 1 aromatic carbocycles. The number of nitrogens with zero attached hydrogens (tertiary/aromatic N) is 1. The van der Waals surface area contributed by atoms with Crippen molar-refractivity contribution in [2.45, 2.75) is 25.2 Å². The van der Waals surface area contributed by atoms with Crippen LogP contribution >= 0.6 is 11.3 Å². The van der Waals surface area contributed by atoms with E-state index in [2.05, 4.69) is 5.32 Å². The quantitative estimate of drug-likeness (QED) is 0.251. The van der Waals surface area contributed by atoms with Gasteiger partial charge in [-0.05, 0) is 47.4 Å². The maximum atomic E-state index is 12.1. The molecule has 2 rings (SSSR count). The van der Waals surface area contributed by atoms with E-state index in [-0.39, 0.29) is 12.3 Å². The van der Waals surface area contributed by atoms with Crippen LogP contribution in [0.3, 0.4) is 0 Å². The SMILES string of the molecule is N/C(=C\N(N)c1ccccc1)CCC(=O)NC(Cc1ccsc1)B(O)O. The molecule has 138 valence electrons. The maximum absolute atomic E-state index is 12.1. The fourth-order valence-corrected chi connectivity index (χ4v) is 3.03. The van der Waals surface area contributed by atoms with E-state index >= 15 is 0 Å². The van der Waals surface area contributed by atoms with Crippen LogP contribution in [0.25, 0.3) is 0 Å². The molecule has 1 amide bonds. The number of anilines is 1. The van der Waals surface area contributed by atoms with Crippen molar-refractivity contribution in [3.05, 3.63) is 64.6 Å². The zero-order valence-electron chi connectivity index (χ0n) is 14.3. The van der Waals surface area contributed by atoms with Crippen molar-refractivity contribution in [3.63, 3.8) is 0 Å². The van der Waals surface area contributed by atoms with Crippen molar-refractivity contribution < 1.29 is 14.8 Å². The molecule has 0 saturated heterocycles. The molecular weight excluding hydrogens is 351 g/mol. The monoisotopic (exact) mass is 374 g/mol. The normalized spacial score (nSPS) is 12.5. The topological polar surface area (TPSA) is 125 Å². The number of hydrogen-bond donors (Lipinski definition) is 5. The fraction of sp³-hybridized carbons (Fsp3) is 0.235. The molecule has 0 fully saturated rings. The number of nitrogens with one attached hydrogen (secondary N) is 1. The summed E-state index contributed by atoms with van der Waals surface area (Å²) in [6, 6.07) is 11.2. The van der Waals surface area contributed by atoms with Crippen LogP contribution in [0.15, 0.2) is 59.1 Å². The second-order valence-electron chi connectivity index (χ2n) is 5.87. The van der Waals surface area contributed by atoms with Crippen molar-refractivity contribution in [2.75, 3.05) is 5.01 Å². The molecule has 0 aliphatic carbocycles. The molecule has 0 bridgehead atoms. The predicted octanol–water partition coefficient (Wildman–Crippen LogP) is 0.748. The molecule has 1 unspecified atom stereocenters. The second-order valence-corrected chi connectivity index (χ2v) is 6.65. The third-order valence-corrected chi connectivity index (χ3v) is 4.47. The van der Waals surface area contributed by atoms with Crippen LogP contribution in [0, 0.1) is 0 Å². The summed E-state index contributed by atoms with van der Waals surface area (Å²) in [6.45, 7) is 0. The lowest BCUT2D eigenvalue weighted by molar-refractivity contribution is -0.121. The lowest BCUT2D eigenvalue weighted by Gasteiger charge is -2.18. The lowest BCUT2D eigenvalue weighted by Crippen LogP contribution is -2.47. The van der Waals surface area contributed by atoms with Crippen LogP contribution in [-0.2, 0) is 11.2 Å². The van der Waals surface area contributed by atoms with Crippen LogP contribution < -0.4 is 21.9 Å². The Labute approximate surface area is 157 Å². The van der Waals surface area contributed by atoms with E-state index in [1.54, 1.807) is 6.20 Å². The van der Waals surface area contributed by atoms with Gasteiger partial charge in [0.25, 0.3) is 0 Å². The van der Waals surface area contributed by atoms with Crippen molar-refractivity contribution in [1.29, 1.82) is 0 Å². The first kappa shape index (κ1) is 20.0. The van der Waals surface area contributed by atoms with E-state index < -0.39 is 13.1 Å². The summed E-state index contributed by atoms with van der Waals surface area (Å²) in [7, 11) is -1.63. The van der Waals surface area contributed by atoms with E-state index in [1.807, 2.05) is 47.2 Å². The van der Waals surface area contributed by atoms with Gasteiger partial charge < -0.3 is 21.1 Å². The Kier molecular flexibility index (Phi) is 7.67. The number of carbonyl (C=O) groups excluding carboxylic acids is 1. The largest absolute Gasteiger partial charge is 0.475 e. The average Bonchev–Trinajstić information content (AvgIpc) is 3.13. The van der Waals surface area contributed by atoms with Gasteiger partial charge in [0.15, 0.2) is 0 Å². The number of hydrogen-bond acceptors (Lipinski definition) is 7. The summed E-state index contributed by atoms with van der Waals surface area (Å²) in [5.41, 5.74) is 8.09. The second kappa shape index (κ2) is 9.98. The van der Waals surface area contributed by atoms with Gasteiger partial charge in [0.2, 0.25) is 5.91 Å². The fourth-order valence-electron chi connectivity index (χ4n) is 2.35. The van der Waals surface area contributed by atoms with Crippen molar-refractivity contribution in [3.8, 4) is 0 Å². The first-order valence-corrected chi connectivity index (χ1v) is 9.11. The summed E-state index contributed by atoms with van der Waals surface area (Å²) in [4.78, 5) is 12.1. The van der Waals surface area contributed by atoms with Gasteiger partial charge in [0, 0.05) is 18.3 Å². The number of allylic oxidation sites excluding steroid dienone is 1. The van der Waals surface area contributed by atoms with Gasteiger partial charge in [-0.3, -0.25) is 9.80 Å². The number of carbonyl (C=O) groups is 1. The van der Waals surface area contributed by atoms with E-state index in [9.17, 15) is 14.8 Å². The van der Waals surface area contributed by atoms with Crippen LogP contribution in [-0.4, -0.2) is 29.0 Å². The van der Waals surface area contributed by atoms with Crippen molar-refractivity contribution in [2.24, 2.45) is 11.6 Å². The Morgan fingerprint density at radius 3 is 2.62 bits per heavy atom. The number of para-hydroxylation sites is 1. The number of benzene rings is 1. The number of rotatable bonds is 9. The molecule has 1 atom stereocenters. The number of thiophene rings is 1. The van der Waals surface area contributed by atoms with Crippen LogP contribution in [0.2, 0.25) is 0 Å². The van der Waals surface area contributed by atoms with E-state index in [0.29, 0.717) is 18.5 Å². The van der Waals surface area contributed by atoms with Gasteiger partial charge in [0.05, 0.1) is 11.6 Å². The molecule has 9 heteroatoms. The van der Waals surface area contributed by atoms with Crippen LogP contribution in [0.4, 0.5) is 5.69 Å². The summed E-state index contributed by atoms with van der Waals surface area (Å²) in [5, 5.41) is 26.8. The standard InChI is InChI=1S/C17H23BN4O3S/c19-14(11-22(20)15-4-2-1-3-5-15)6-7-17(23)21-16(18(24)25)10-13-8-9-26-12-13/h1-5,8-9,11-12,16,24-25H,6-7,10,19-20H2,(H,21,23)/b14-11-. The van der Waals surface area contributed by atoms with Gasteiger partial charge in [-0.2, -0.15) is 11.3 Å². The molecule has 26 heavy (non-hydrogen) atoms. The first-order chi connectivity index (χ1) is 12.5. The third-order valence-electron chi connectivity index (χ3n) is 3.74. The zero-order valence-corrected chi connectivity index (χ0v) is 15.1. The van der Waals surface area contributed by atoms with E-state index in [4.69, 9.17) is 11.6 Å². The average molecular weight is 374 g/mol. The molecule has 0 saturated carbocycles. The Morgan fingerprint density at radius 2 is 2.00 bits per heavy atom. The first-order valence-electron chi connectivity index (χ1n) is 8.17. The number of hydrazine groups is 1. The van der Waals surface area contributed by atoms with Gasteiger partial charge in [-0.15, -0.1) is 0 Å². The maximum Gasteiger partial charge on any atom is 0.475 e. The van der Waals surface area contributed by atoms with Gasteiger partial charge >= 0.3 is 7.12 Å². The van der Waals surface area contributed by atoms with Gasteiger partial charge in [0.1, 0.15) is 0 Å². The molecule has 0 aliphatic heterocycles. The zero-order chi connectivity index (χ0) is 18.9. The summed E-state index contributed by atoms with van der Waals surface area (Å²) in [6.07, 6.45) is 2.34. The third kappa shape index (κ3) is 6.53. The minimum absolute atomic E-state index is 0.123. The lowest BCUT2D eigenvalue weighted by atomic mass is 9.76. The smallest absolute Gasteiger partial charge is 0.426 e. The Hall–Kier alpha value is -2.33. The minimum Gasteiger partial charge on any atom is -0.426 e. The van der Waals surface area contributed by atoms with Crippen LogP contribution in [0.5, 0.6) is 0 Å². The summed E-state index contributed by atoms with van der Waals surface area (Å²) < 4.78 is 0. The Morgan fingerprint density at radius 1 is 1.27 bits per heavy atom. The summed E-state index contributed by atoms with van der Waals surface area (Å²) >= 11 is 1.51. The van der Waals surface area contributed by atoms with Crippen molar-refractivity contribution in [1.82, 2.24) is 5.32 Å². The highest BCUT2D eigenvalue weighted by Crippen LogP contribution is 2.12. The molecule has 7 nitrogen and oxygen atoms in total. The molecule has 1 heterocycles. The summed E-state index contributed by atoms with van der Waals surface area (Å²) in [5.74, 6) is 4.84. The Balaban J connectivity index is 1.83. The number of amides is 1. The highest BCUT2D eigenvalue weighted by atomic mass is 32.1. The van der Waals surface area contributed by atoms with Crippen LogP contribution in [0.1, 0.15) is 18.4 Å². The highest BCUT2D eigenvalue weighted by Gasteiger charge is 2.25. The highest BCUT2D eigenvalue weighted by molar-refractivity contribution is 7.07. The van der Waals surface area contributed by atoms with Gasteiger partial charge in [-0.25, -0.2) is 5.84 Å². The Bertz CT molecular complexity index is 710. The minimum atomic E-state index is -1.63. The molecule has 2 aromatic rings. The van der Waals surface area contributed by atoms with E-state index in [1.165, 1.54) is 16.3 Å². The van der Waals surface area contributed by atoms with Gasteiger partial charge in [-0.1, -0.05) is 18.2 Å². The number of nitrogens with two attached hydrogens (primary N) is 2. The molecule has 7 N–H and O–H groups in total. The predicted molar refractivity (Wildman–Crippen MR) is 105 cm³/mol. The molecule has 0 spiro atoms. The van der Waals surface area contributed by atoms with Crippen molar-refractivity contribution >= 4 is 30.0 Å². The van der Waals surface area contributed by atoms with E-state index in [0.717, 1.165) is 11.3 Å².